The van der Waals surface area contributed by atoms with E-state index in [9.17, 15) is 4.57 Å². The highest BCUT2D eigenvalue weighted by Crippen LogP contribution is 2.01. The molecule has 2 nitrogen and oxygen atoms in total. The molecule has 10 heavy (non-hydrogen) atoms. The van der Waals surface area contributed by atoms with Gasteiger partial charge in [-0.05, 0) is 6.07 Å². The highest BCUT2D eigenvalue weighted by atomic mass is 31.1. The Morgan fingerprint density at radius 3 is 2.60 bits per heavy atom. The Bertz CT molecular complexity index is 237. The summed E-state index contributed by atoms with van der Waals surface area (Å²) in [5, 5.41) is 0.838. The molecule has 0 aliphatic heterocycles. The van der Waals surface area contributed by atoms with Gasteiger partial charge in [0.1, 0.15) is 0 Å². The molecule has 0 heterocycles. The Morgan fingerprint density at radius 2 is 2.10 bits per heavy atom. The van der Waals surface area contributed by atoms with Crippen molar-refractivity contribution in [3.05, 3.63) is 29.8 Å². The van der Waals surface area contributed by atoms with Crippen molar-refractivity contribution in [1.82, 2.24) is 0 Å². The molecule has 2 N–H and O–H groups in total. The monoisotopic (exact) mass is 154 g/mol. The first kappa shape index (κ1) is 7.39. The minimum atomic E-state index is -0.394. The molecule has 1 aromatic rings. The van der Waals surface area contributed by atoms with Crippen molar-refractivity contribution in [2.45, 2.75) is 6.54 Å². The molecule has 52 valence electrons. The number of hydrogen-bond donors (Lipinski definition) is 1. The molecule has 0 bridgehead atoms. The summed E-state index contributed by atoms with van der Waals surface area (Å²) in [5.74, 6) is 0. The van der Waals surface area contributed by atoms with E-state index >= 15 is 0 Å². The van der Waals surface area contributed by atoms with Crippen LogP contribution in [-0.2, 0) is 11.1 Å². The molecule has 0 saturated heterocycles. The number of rotatable bonds is 2. The van der Waals surface area contributed by atoms with Crippen molar-refractivity contribution >= 4 is 13.8 Å². The predicted molar refractivity (Wildman–Crippen MR) is 43.0 cm³/mol. The maximum Gasteiger partial charge on any atom is 0.363 e. The summed E-state index contributed by atoms with van der Waals surface area (Å²) in [5.41, 5.74) is 6.36. The zero-order valence-electron chi connectivity index (χ0n) is 5.50. The summed E-state index contributed by atoms with van der Waals surface area (Å²) >= 11 is 0. The van der Waals surface area contributed by atoms with Gasteiger partial charge >= 0.3 is 8.46 Å². The van der Waals surface area contributed by atoms with Gasteiger partial charge in [0.25, 0.3) is 0 Å². The lowest BCUT2D eigenvalue weighted by atomic mass is 10.2. The number of benzene rings is 1. The molecule has 0 fully saturated rings. The van der Waals surface area contributed by atoms with Gasteiger partial charge in [-0.1, -0.05) is 22.8 Å². The molecule has 1 rings (SSSR count). The third kappa shape index (κ3) is 1.41. The van der Waals surface area contributed by atoms with E-state index in [1.54, 1.807) is 0 Å². The Kier molecular flexibility index (Phi) is 2.55. The minimum absolute atomic E-state index is 0.394. The lowest BCUT2D eigenvalue weighted by Crippen LogP contribution is -2.06. The van der Waals surface area contributed by atoms with Gasteiger partial charge in [0.05, 0.1) is 0 Å². The second kappa shape index (κ2) is 3.45. The first-order chi connectivity index (χ1) is 4.88. The lowest BCUT2D eigenvalue weighted by Gasteiger charge is -1.91. The molecule has 0 radical (unpaired) electrons. The van der Waals surface area contributed by atoms with Crippen LogP contribution in [0, 0.1) is 0 Å². The van der Waals surface area contributed by atoms with E-state index in [1.165, 1.54) is 0 Å². The topological polar surface area (TPSA) is 43.1 Å². The van der Waals surface area contributed by atoms with Gasteiger partial charge in [-0.25, -0.2) is 0 Å². The van der Waals surface area contributed by atoms with E-state index in [-0.39, 0.29) is 0 Å². The number of hydrogen-bond acceptors (Lipinski definition) is 2. The second-order valence-electron chi connectivity index (χ2n) is 1.96. The van der Waals surface area contributed by atoms with Crippen LogP contribution in [0.1, 0.15) is 5.56 Å². The lowest BCUT2D eigenvalue weighted by molar-refractivity contribution is 0.603. The Hall–Kier alpha value is -0.720. The quantitative estimate of drug-likeness (QED) is 0.640. The van der Waals surface area contributed by atoms with Gasteiger partial charge in [-0.3, -0.25) is 0 Å². The van der Waals surface area contributed by atoms with Crippen LogP contribution in [0.4, 0.5) is 0 Å². The van der Waals surface area contributed by atoms with Gasteiger partial charge in [0.15, 0.2) is 5.30 Å². The first-order valence-electron chi connectivity index (χ1n) is 3.04. The van der Waals surface area contributed by atoms with E-state index < -0.39 is 8.46 Å². The first-order valence-corrected chi connectivity index (χ1v) is 3.95. The summed E-state index contributed by atoms with van der Waals surface area (Å²) in [7, 11) is -0.394. The fourth-order valence-corrected chi connectivity index (χ4v) is 1.28. The average Bonchev–Trinajstić information content (AvgIpc) is 2.04. The van der Waals surface area contributed by atoms with Crippen LogP contribution in [0.15, 0.2) is 24.3 Å². The molecule has 0 aromatic heterocycles. The summed E-state index contributed by atoms with van der Waals surface area (Å²) in [6.07, 6.45) is 0. The van der Waals surface area contributed by atoms with Crippen LogP contribution in [0.5, 0.6) is 0 Å². The highest BCUT2D eigenvalue weighted by Gasteiger charge is 2.04. The zero-order chi connectivity index (χ0) is 7.40. The smallest absolute Gasteiger partial charge is 0.326 e. The maximum atomic E-state index is 10.5. The van der Waals surface area contributed by atoms with Gasteiger partial charge in [-0.2, -0.15) is 0 Å². The van der Waals surface area contributed by atoms with Crippen LogP contribution < -0.4 is 11.0 Å². The second-order valence-corrected chi connectivity index (χ2v) is 2.71. The van der Waals surface area contributed by atoms with Crippen molar-refractivity contribution in [2.24, 2.45) is 5.73 Å². The summed E-state index contributed by atoms with van der Waals surface area (Å²) in [4.78, 5) is 0. The Labute approximate surface area is 61.3 Å². The summed E-state index contributed by atoms with van der Waals surface area (Å²) < 4.78 is 10.5. The van der Waals surface area contributed by atoms with Gasteiger partial charge in [0, 0.05) is 12.1 Å². The van der Waals surface area contributed by atoms with Crippen molar-refractivity contribution in [2.75, 3.05) is 0 Å². The molecular weight excluding hydrogens is 145 g/mol. The Balaban J connectivity index is 3.08. The summed E-state index contributed by atoms with van der Waals surface area (Å²) in [6.45, 7) is 0.464. The third-order valence-electron chi connectivity index (χ3n) is 1.35. The maximum absolute atomic E-state index is 10.5. The highest BCUT2D eigenvalue weighted by molar-refractivity contribution is 7.34. The van der Waals surface area contributed by atoms with Crippen molar-refractivity contribution in [3.63, 3.8) is 0 Å². The van der Waals surface area contributed by atoms with Crippen LogP contribution >= 0.6 is 8.46 Å². The van der Waals surface area contributed by atoms with Crippen molar-refractivity contribution < 1.29 is 4.57 Å². The minimum Gasteiger partial charge on any atom is -0.326 e. The van der Waals surface area contributed by atoms with E-state index in [4.69, 9.17) is 5.73 Å². The fourth-order valence-electron chi connectivity index (χ4n) is 0.798. The van der Waals surface area contributed by atoms with E-state index in [2.05, 4.69) is 0 Å². The molecule has 0 aliphatic rings. The number of nitrogens with two attached hydrogens (primary N) is 1. The van der Waals surface area contributed by atoms with Crippen LogP contribution in [0.2, 0.25) is 0 Å². The molecule has 0 aliphatic carbocycles. The largest absolute Gasteiger partial charge is 0.363 e. The molecular formula is C7H9NOP+. The molecule has 1 unspecified atom stereocenters. The third-order valence-corrected chi connectivity index (χ3v) is 2.05. The Morgan fingerprint density at radius 1 is 1.40 bits per heavy atom. The van der Waals surface area contributed by atoms with Crippen LogP contribution in [0.3, 0.4) is 0 Å². The molecule has 0 spiro atoms. The molecule has 0 amide bonds. The molecule has 1 aromatic carbocycles. The zero-order valence-corrected chi connectivity index (χ0v) is 6.50. The van der Waals surface area contributed by atoms with E-state index in [0.29, 0.717) is 6.54 Å². The summed E-state index contributed by atoms with van der Waals surface area (Å²) in [6, 6.07) is 7.47. The van der Waals surface area contributed by atoms with Crippen LogP contribution in [0.25, 0.3) is 0 Å². The molecule has 3 heteroatoms. The van der Waals surface area contributed by atoms with Crippen molar-refractivity contribution in [1.29, 1.82) is 0 Å². The normalized spacial score (nSPS) is 10.1. The van der Waals surface area contributed by atoms with E-state index in [1.807, 2.05) is 24.3 Å². The van der Waals surface area contributed by atoms with Crippen LogP contribution in [-0.4, -0.2) is 0 Å². The standard InChI is InChI=1S/C7H8NOP/c8-5-6-3-1-2-4-7(6)10-9/h1-4H,5,8H2/p+1. The molecule has 0 saturated carbocycles. The fraction of sp³-hybridized carbons (Fsp3) is 0.143. The predicted octanol–water partition coefficient (Wildman–Crippen LogP) is 0.795. The SMILES string of the molecule is NCc1ccccc1[PH+]=O. The van der Waals surface area contributed by atoms with E-state index in [0.717, 1.165) is 10.9 Å². The van der Waals surface area contributed by atoms with Gasteiger partial charge in [-0.15, -0.1) is 0 Å². The van der Waals surface area contributed by atoms with Gasteiger partial charge in [0.2, 0.25) is 0 Å². The average molecular weight is 154 g/mol. The van der Waals surface area contributed by atoms with Gasteiger partial charge < -0.3 is 5.73 Å². The molecule has 1 atom stereocenters. The van der Waals surface area contributed by atoms with Crippen molar-refractivity contribution in [3.8, 4) is 0 Å².